The van der Waals surface area contributed by atoms with Gasteiger partial charge in [-0.2, -0.15) is 10.1 Å². The van der Waals surface area contributed by atoms with Gasteiger partial charge in [-0.1, -0.05) is 23.8 Å². The number of halogens is 1. The van der Waals surface area contributed by atoms with Crippen LogP contribution in [0.25, 0.3) is 0 Å². The van der Waals surface area contributed by atoms with Crippen LogP contribution >= 0.6 is 11.6 Å². The van der Waals surface area contributed by atoms with E-state index in [-0.39, 0.29) is 51.8 Å². The first-order valence-corrected chi connectivity index (χ1v) is 7.89. The van der Waals surface area contributed by atoms with E-state index in [1.54, 1.807) is 0 Å². The van der Waals surface area contributed by atoms with E-state index >= 15 is 0 Å². The standard InChI is InChI=1S/C16H12ClN3O4/c17-12-4-3-11(20(23)24)6-10(12)7-18-19-15(21)13-8-1-2-9(5-8)14(13)16(19)22/h1-4,6-9,13-14H,5H2/b18-7-/t8-,9-,13-,14-/m0/s1. The highest BCUT2D eigenvalue weighted by atomic mass is 35.5. The van der Waals surface area contributed by atoms with Gasteiger partial charge in [0, 0.05) is 22.7 Å². The molecule has 2 amide bonds. The quantitative estimate of drug-likeness (QED) is 0.276. The van der Waals surface area contributed by atoms with E-state index in [2.05, 4.69) is 5.10 Å². The molecule has 1 saturated heterocycles. The number of non-ortho nitro benzene ring substituents is 1. The number of carbonyl (C=O) groups excluding carboxylic acids is 2. The van der Waals surface area contributed by atoms with Crippen LogP contribution in [0.3, 0.4) is 0 Å². The van der Waals surface area contributed by atoms with Crippen LogP contribution in [0.4, 0.5) is 5.69 Å². The van der Waals surface area contributed by atoms with Crippen molar-refractivity contribution in [3.8, 4) is 0 Å². The van der Waals surface area contributed by atoms with Crippen LogP contribution in [0.2, 0.25) is 5.02 Å². The molecule has 2 fully saturated rings. The number of rotatable bonds is 3. The number of fused-ring (bicyclic) bond motifs is 5. The first-order chi connectivity index (χ1) is 11.5. The Labute approximate surface area is 141 Å². The number of nitrogens with zero attached hydrogens (tertiary/aromatic N) is 3. The number of allylic oxidation sites excluding steroid dienone is 2. The van der Waals surface area contributed by atoms with Gasteiger partial charge in [0.2, 0.25) is 0 Å². The molecule has 0 radical (unpaired) electrons. The van der Waals surface area contributed by atoms with Crippen molar-refractivity contribution in [2.24, 2.45) is 28.8 Å². The number of hydrazone groups is 1. The maximum Gasteiger partial charge on any atom is 0.270 e. The average Bonchev–Trinajstić information content (AvgIpc) is 3.22. The Kier molecular flexibility index (Phi) is 3.28. The van der Waals surface area contributed by atoms with Gasteiger partial charge in [-0.3, -0.25) is 19.7 Å². The molecule has 4 rings (SSSR count). The van der Waals surface area contributed by atoms with E-state index in [0.29, 0.717) is 0 Å². The summed E-state index contributed by atoms with van der Waals surface area (Å²) < 4.78 is 0. The number of amides is 2. The number of hydrogen-bond acceptors (Lipinski definition) is 5. The topological polar surface area (TPSA) is 92.9 Å². The zero-order valence-electron chi connectivity index (χ0n) is 12.3. The Balaban J connectivity index is 1.61. The third kappa shape index (κ3) is 2.08. The summed E-state index contributed by atoms with van der Waals surface area (Å²) in [7, 11) is 0. The van der Waals surface area contributed by atoms with Crippen LogP contribution in [-0.4, -0.2) is 28.0 Å². The SMILES string of the molecule is O=C1[C@@H]2[C@@H](C(=O)N1/N=C\c1cc([N+](=O)[O-])ccc1Cl)[C@H]1C=C[C@H]2C1. The minimum Gasteiger partial charge on any atom is -0.272 e. The molecule has 8 heteroatoms. The molecule has 1 aromatic rings. The van der Waals surface area contributed by atoms with Crippen molar-refractivity contribution in [1.82, 2.24) is 5.01 Å². The first-order valence-electron chi connectivity index (χ1n) is 7.51. The van der Waals surface area contributed by atoms with E-state index in [1.807, 2.05) is 12.2 Å². The monoisotopic (exact) mass is 345 g/mol. The van der Waals surface area contributed by atoms with E-state index in [1.165, 1.54) is 24.4 Å². The summed E-state index contributed by atoms with van der Waals surface area (Å²) in [5, 5.41) is 15.9. The number of hydrogen-bond donors (Lipinski definition) is 0. The molecule has 0 spiro atoms. The number of nitro groups is 1. The molecule has 1 aliphatic heterocycles. The number of imide groups is 1. The van der Waals surface area contributed by atoms with Crippen molar-refractivity contribution < 1.29 is 14.5 Å². The molecular formula is C16H12ClN3O4. The van der Waals surface area contributed by atoms with Gasteiger partial charge in [-0.05, 0) is 24.3 Å². The second-order valence-corrected chi connectivity index (χ2v) is 6.60. The highest BCUT2D eigenvalue weighted by Crippen LogP contribution is 2.52. The van der Waals surface area contributed by atoms with Crippen LogP contribution in [0, 0.1) is 33.8 Å². The zero-order valence-corrected chi connectivity index (χ0v) is 13.1. The van der Waals surface area contributed by atoms with E-state index in [9.17, 15) is 19.7 Å². The molecule has 7 nitrogen and oxygen atoms in total. The fraction of sp³-hybridized carbons (Fsp3) is 0.312. The fourth-order valence-corrected chi connectivity index (χ4v) is 4.03. The summed E-state index contributed by atoms with van der Waals surface area (Å²) in [6, 6.07) is 3.91. The smallest absolute Gasteiger partial charge is 0.270 e. The Morgan fingerprint density at radius 2 is 1.83 bits per heavy atom. The summed E-state index contributed by atoms with van der Waals surface area (Å²) in [5.41, 5.74) is 0.142. The molecule has 0 aromatic heterocycles. The van der Waals surface area contributed by atoms with Gasteiger partial charge in [0.25, 0.3) is 17.5 Å². The van der Waals surface area contributed by atoms with Gasteiger partial charge in [-0.25, -0.2) is 0 Å². The number of benzene rings is 1. The molecule has 1 saturated carbocycles. The Hall–Kier alpha value is -2.54. The van der Waals surface area contributed by atoms with Crippen molar-refractivity contribution >= 4 is 35.3 Å². The molecule has 2 aliphatic carbocycles. The Bertz CT molecular complexity index is 805. The number of nitro benzene ring substituents is 1. The zero-order chi connectivity index (χ0) is 17.0. The van der Waals surface area contributed by atoms with Gasteiger partial charge in [0.05, 0.1) is 23.0 Å². The predicted molar refractivity (Wildman–Crippen MR) is 85.3 cm³/mol. The second kappa shape index (κ2) is 5.24. The third-order valence-corrected chi connectivity index (χ3v) is 5.29. The highest BCUT2D eigenvalue weighted by Gasteiger charge is 2.59. The second-order valence-electron chi connectivity index (χ2n) is 6.20. The average molecular weight is 346 g/mol. The highest BCUT2D eigenvalue weighted by molar-refractivity contribution is 6.33. The first kappa shape index (κ1) is 15.0. The van der Waals surface area contributed by atoms with E-state index in [0.717, 1.165) is 11.4 Å². The molecule has 0 unspecified atom stereocenters. The third-order valence-electron chi connectivity index (χ3n) is 4.95. The lowest BCUT2D eigenvalue weighted by Gasteiger charge is -2.13. The minimum atomic E-state index is -0.548. The van der Waals surface area contributed by atoms with E-state index < -0.39 is 4.92 Å². The van der Waals surface area contributed by atoms with Crippen LogP contribution < -0.4 is 0 Å². The van der Waals surface area contributed by atoms with Gasteiger partial charge < -0.3 is 0 Å². The van der Waals surface area contributed by atoms with Crippen LogP contribution in [0.5, 0.6) is 0 Å². The molecule has 24 heavy (non-hydrogen) atoms. The maximum absolute atomic E-state index is 12.5. The summed E-state index contributed by atoms with van der Waals surface area (Å²) in [5.74, 6) is -1.05. The van der Waals surface area contributed by atoms with Crippen LogP contribution in [0.15, 0.2) is 35.5 Å². The molecular weight excluding hydrogens is 334 g/mol. The van der Waals surface area contributed by atoms with Gasteiger partial charge >= 0.3 is 0 Å². The van der Waals surface area contributed by atoms with Crippen LogP contribution in [0.1, 0.15) is 12.0 Å². The Morgan fingerprint density at radius 3 is 2.42 bits per heavy atom. The molecule has 2 bridgehead atoms. The fourth-order valence-electron chi connectivity index (χ4n) is 3.86. The Morgan fingerprint density at radius 1 is 1.21 bits per heavy atom. The van der Waals surface area contributed by atoms with Crippen molar-refractivity contribution in [1.29, 1.82) is 0 Å². The molecule has 0 N–H and O–H groups in total. The normalized spacial score (nSPS) is 30.6. The van der Waals surface area contributed by atoms with Gasteiger partial charge in [0.1, 0.15) is 0 Å². The minimum absolute atomic E-state index is 0.109. The molecule has 1 heterocycles. The van der Waals surface area contributed by atoms with Crippen molar-refractivity contribution in [2.45, 2.75) is 6.42 Å². The van der Waals surface area contributed by atoms with Crippen molar-refractivity contribution in [3.63, 3.8) is 0 Å². The lowest BCUT2D eigenvalue weighted by atomic mass is 9.85. The van der Waals surface area contributed by atoms with Gasteiger partial charge in [0.15, 0.2) is 0 Å². The maximum atomic E-state index is 12.5. The van der Waals surface area contributed by atoms with E-state index in [4.69, 9.17) is 11.6 Å². The largest absolute Gasteiger partial charge is 0.272 e. The molecule has 122 valence electrons. The lowest BCUT2D eigenvalue weighted by molar-refractivity contribution is -0.384. The summed E-state index contributed by atoms with van der Waals surface area (Å²) in [6.07, 6.45) is 6.08. The van der Waals surface area contributed by atoms with Crippen molar-refractivity contribution in [2.75, 3.05) is 0 Å². The molecule has 4 atom stereocenters. The number of carbonyl (C=O) groups is 2. The summed E-state index contributed by atoms with van der Waals surface area (Å²) in [6.45, 7) is 0. The molecule has 1 aromatic carbocycles. The lowest BCUT2D eigenvalue weighted by Crippen LogP contribution is -2.28. The summed E-state index contributed by atoms with van der Waals surface area (Å²) in [4.78, 5) is 35.3. The molecule has 3 aliphatic rings. The van der Waals surface area contributed by atoms with Crippen molar-refractivity contribution in [3.05, 3.63) is 51.1 Å². The predicted octanol–water partition coefficient (Wildman–Crippen LogP) is 2.39. The summed E-state index contributed by atoms with van der Waals surface area (Å²) >= 11 is 6.00. The van der Waals surface area contributed by atoms with Gasteiger partial charge in [-0.15, -0.1) is 0 Å². The van der Waals surface area contributed by atoms with Crippen LogP contribution in [-0.2, 0) is 9.59 Å².